The minimum absolute atomic E-state index is 0.462. The van der Waals surface area contributed by atoms with E-state index in [0.29, 0.717) is 0 Å². The first-order valence-corrected chi connectivity index (χ1v) is 3.42. The number of ether oxygens (including phenoxy) is 1. The predicted molar refractivity (Wildman–Crippen MR) is 42.3 cm³/mol. The van der Waals surface area contributed by atoms with Crippen LogP contribution in [0, 0.1) is 0 Å². The number of methoxy groups -OCH3 is 1. The second-order valence-electron chi connectivity index (χ2n) is 2.98. The Morgan fingerprint density at radius 2 is 2.27 bits per heavy atom. The lowest BCUT2D eigenvalue weighted by molar-refractivity contribution is 0.330. The van der Waals surface area contributed by atoms with E-state index < -0.39 is 5.66 Å². The van der Waals surface area contributed by atoms with Gasteiger partial charge in [0.15, 0.2) is 5.75 Å². The van der Waals surface area contributed by atoms with Crippen LogP contribution < -0.4 is 10.5 Å². The summed E-state index contributed by atoms with van der Waals surface area (Å²) in [7, 11) is 1.60. The molecule has 4 heteroatoms. The van der Waals surface area contributed by atoms with Gasteiger partial charge in [-0.15, -0.1) is 0 Å². The van der Waals surface area contributed by atoms with Gasteiger partial charge in [-0.05, 0) is 13.8 Å². The van der Waals surface area contributed by atoms with Crippen molar-refractivity contribution in [2.45, 2.75) is 19.5 Å². The fraction of sp³-hybridized carbons (Fsp3) is 0.571. The first kappa shape index (κ1) is 8.07. The maximum Gasteiger partial charge on any atom is 0.156 e. The van der Waals surface area contributed by atoms with Crippen molar-refractivity contribution < 1.29 is 4.74 Å². The molecule has 0 aliphatic heterocycles. The van der Waals surface area contributed by atoms with Crippen molar-refractivity contribution in [3.05, 3.63) is 12.4 Å². The first-order chi connectivity index (χ1) is 5.04. The normalized spacial score (nSPS) is 11.6. The summed E-state index contributed by atoms with van der Waals surface area (Å²) in [4.78, 5) is 0. The number of rotatable bonds is 2. The summed E-state index contributed by atoms with van der Waals surface area (Å²) in [6, 6.07) is 0. The highest BCUT2D eigenvalue weighted by molar-refractivity contribution is 5.12. The van der Waals surface area contributed by atoms with Crippen molar-refractivity contribution in [2.24, 2.45) is 5.73 Å². The number of hydrogen-bond donors (Lipinski definition) is 1. The van der Waals surface area contributed by atoms with E-state index in [1.807, 2.05) is 13.8 Å². The van der Waals surface area contributed by atoms with E-state index in [9.17, 15) is 0 Å². The fourth-order valence-corrected chi connectivity index (χ4v) is 0.727. The number of nitrogens with two attached hydrogens (primary N) is 1. The molecule has 0 spiro atoms. The molecule has 11 heavy (non-hydrogen) atoms. The van der Waals surface area contributed by atoms with E-state index in [2.05, 4.69) is 5.10 Å². The predicted octanol–water partition coefficient (Wildman–Crippen LogP) is 0.543. The molecule has 0 saturated carbocycles. The van der Waals surface area contributed by atoms with Crippen LogP contribution in [-0.4, -0.2) is 16.9 Å². The summed E-state index contributed by atoms with van der Waals surface area (Å²) in [5, 5.41) is 4.02. The zero-order chi connectivity index (χ0) is 8.48. The van der Waals surface area contributed by atoms with E-state index in [4.69, 9.17) is 10.5 Å². The van der Waals surface area contributed by atoms with Gasteiger partial charge in [0.25, 0.3) is 0 Å². The molecule has 0 unspecified atom stereocenters. The average Bonchev–Trinajstić information content (AvgIpc) is 2.32. The van der Waals surface area contributed by atoms with E-state index in [1.54, 1.807) is 24.2 Å². The van der Waals surface area contributed by atoms with Crippen molar-refractivity contribution in [2.75, 3.05) is 7.11 Å². The fourth-order valence-electron chi connectivity index (χ4n) is 0.727. The Labute approximate surface area is 66.0 Å². The topological polar surface area (TPSA) is 53.1 Å². The maximum absolute atomic E-state index is 5.77. The summed E-state index contributed by atoms with van der Waals surface area (Å²) in [6.07, 6.45) is 3.40. The standard InChI is InChI=1S/C7H13N3O/c1-7(2,8)10-5-6(11-3)4-9-10/h4-5H,8H2,1-3H3. The lowest BCUT2D eigenvalue weighted by Gasteiger charge is -2.18. The molecule has 1 aromatic rings. The number of aromatic nitrogens is 2. The van der Waals surface area contributed by atoms with Crippen LogP contribution in [0.15, 0.2) is 12.4 Å². The largest absolute Gasteiger partial charge is 0.493 e. The second-order valence-corrected chi connectivity index (χ2v) is 2.98. The smallest absolute Gasteiger partial charge is 0.156 e. The summed E-state index contributed by atoms with van der Waals surface area (Å²) in [6.45, 7) is 3.75. The molecular weight excluding hydrogens is 142 g/mol. The SMILES string of the molecule is COc1cnn(C(C)(C)N)c1. The Morgan fingerprint density at radius 1 is 1.64 bits per heavy atom. The van der Waals surface area contributed by atoms with E-state index in [1.165, 1.54) is 0 Å². The minimum Gasteiger partial charge on any atom is -0.493 e. The quantitative estimate of drug-likeness (QED) is 0.678. The number of nitrogens with zero attached hydrogens (tertiary/aromatic N) is 2. The van der Waals surface area contributed by atoms with Crippen molar-refractivity contribution in [3.8, 4) is 5.75 Å². The highest BCUT2D eigenvalue weighted by atomic mass is 16.5. The van der Waals surface area contributed by atoms with Gasteiger partial charge < -0.3 is 10.5 Å². The molecule has 0 aliphatic rings. The Hall–Kier alpha value is -1.03. The molecule has 0 aliphatic carbocycles. The van der Waals surface area contributed by atoms with Gasteiger partial charge in [0, 0.05) is 0 Å². The first-order valence-electron chi connectivity index (χ1n) is 3.42. The highest BCUT2D eigenvalue weighted by Gasteiger charge is 2.13. The van der Waals surface area contributed by atoms with Crippen molar-refractivity contribution in [3.63, 3.8) is 0 Å². The Morgan fingerprint density at radius 3 is 2.55 bits per heavy atom. The van der Waals surface area contributed by atoms with Crippen molar-refractivity contribution in [1.82, 2.24) is 9.78 Å². The Kier molecular flexibility index (Phi) is 1.87. The Bertz CT molecular complexity index is 236. The molecule has 0 bridgehead atoms. The molecule has 0 aromatic carbocycles. The summed E-state index contributed by atoms with van der Waals surface area (Å²) < 4.78 is 6.61. The van der Waals surface area contributed by atoms with Gasteiger partial charge in [-0.2, -0.15) is 5.10 Å². The van der Waals surface area contributed by atoms with Crippen LogP contribution in [0.4, 0.5) is 0 Å². The summed E-state index contributed by atoms with van der Waals surface area (Å²) >= 11 is 0. The molecule has 4 nitrogen and oxygen atoms in total. The molecule has 1 heterocycles. The van der Waals surface area contributed by atoms with Crippen LogP contribution in [0.25, 0.3) is 0 Å². The molecule has 0 fully saturated rings. The van der Waals surface area contributed by atoms with Crippen LogP contribution in [0.3, 0.4) is 0 Å². The van der Waals surface area contributed by atoms with Gasteiger partial charge in [-0.25, -0.2) is 4.68 Å². The van der Waals surface area contributed by atoms with Crippen LogP contribution in [0.5, 0.6) is 5.75 Å². The van der Waals surface area contributed by atoms with Gasteiger partial charge in [0.1, 0.15) is 5.66 Å². The molecule has 0 amide bonds. The van der Waals surface area contributed by atoms with E-state index in [-0.39, 0.29) is 0 Å². The molecule has 1 aromatic heterocycles. The summed E-state index contributed by atoms with van der Waals surface area (Å²) in [5.41, 5.74) is 5.31. The van der Waals surface area contributed by atoms with Gasteiger partial charge in [-0.3, -0.25) is 0 Å². The monoisotopic (exact) mass is 155 g/mol. The van der Waals surface area contributed by atoms with Gasteiger partial charge in [0.2, 0.25) is 0 Å². The molecule has 0 radical (unpaired) electrons. The van der Waals surface area contributed by atoms with Crippen molar-refractivity contribution >= 4 is 0 Å². The lowest BCUT2D eigenvalue weighted by atomic mass is 10.3. The van der Waals surface area contributed by atoms with Crippen LogP contribution in [-0.2, 0) is 5.66 Å². The van der Waals surface area contributed by atoms with Gasteiger partial charge in [0.05, 0.1) is 19.5 Å². The van der Waals surface area contributed by atoms with E-state index in [0.717, 1.165) is 5.75 Å². The third kappa shape index (κ3) is 1.71. The van der Waals surface area contributed by atoms with Gasteiger partial charge in [-0.1, -0.05) is 0 Å². The van der Waals surface area contributed by atoms with Gasteiger partial charge >= 0.3 is 0 Å². The van der Waals surface area contributed by atoms with Crippen LogP contribution in [0.1, 0.15) is 13.8 Å². The molecule has 1 rings (SSSR count). The van der Waals surface area contributed by atoms with Crippen molar-refractivity contribution in [1.29, 1.82) is 0 Å². The Balaban J connectivity index is 2.89. The van der Waals surface area contributed by atoms with Crippen LogP contribution in [0.2, 0.25) is 0 Å². The third-order valence-corrected chi connectivity index (χ3v) is 1.39. The molecule has 0 saturated heterocycles. The summed E-state index contributed by atoms with van der Waals surface area (Å²) in [5.74, 6) is 0.725. The zero-order valence-corrected chi connectivity index (χ0v) is 7.03. The molecular formula is C7H13N3O. The van der Waals surface area contributed by atoms with Crippen LogP contribution >= 0.6 is 0 Å². The average molecular weight is 155 g/mol. The van der Waals surface area contributed by atoms with E-state index >= 15 is 0 Å². The lowest BCUT2D eigenvalue weighted by Crippen LogP contribution is -2.36. The second kappa shape index (κ2) is 2.54. The number of hydrogen-bond acceptors (Lipinski definition) is 3. The molecule has 0 atom stereocenters. The maximum atomic E-state index is 5.77. The zero-order valence-electron chi connectivity index (χ0n) is 7.03. The molecule has 2 N–H and O–H groups in total. The minimum atomic E-state index is -0.462. The third-order valence-electron chi connectivity index (χ3n) is 1.39. The highest BCUT2D eigenvalue weighted by Crippen LogP contribution is 2.12. The molecule has 62 valence electrons.